The first kappa shape index (κ1) is 17.7. The highest BCUT2D eigenvalue weighted by molar-refractivity contribution is 5.94. The lowest BCUT2D eigenvalue weighted by Gasteiger charge is -2.16. The summed E-state index contributed by atoms with van der Waals surface area (Å²) in [6, 6.07) is 13.3. The van der Waals surface area contributed by atoms with E-state index in [1.807, 2.05) is 0 Å². The lowest BCUT2D eigenvalue weighted by Crippen LogP contribution is -2.17. The topological polar surface area (TPSA) is 82.0 Å². The molecule has 0 saturated heterocycles. The molecular formula is C20H17F2N3O. The Morgan fingerprint density at radius 3 is 2.62 bits per heavy atom. The van der Waals surface area contributed by atoms with Crippen molar-refractivity contribution >= 4 is 5.91 Å². The van der Waals surface area contributed by atoms with Gasteiger partial charge >= 0.3 is 0 Å². The van der Waals surface area contributed by atoms with Crippen LogP contribution in [-0.2, 0) is 6.42 Å². The van der Waals surface area contributed by atoms with Gasteiger partial charge in [-0.25, -0.2) is 8.78 Å². The summed E-state index contributed by atoms with van der Waals surface area (Å²) in [5.74, 6) is -1.87. The summed E-state index contributed by atoms with van der Waals surface area (Å²) in [5, 5.41) is 0. The summed E-state index contributed by atoms with van der Waals surface area (Å²) in [6.07, 6.45) is 1.98. The summed E-state index contributed by atoms with van der Waals surface area (Å²) in [4.78, 5) is 15.7. The molecule has 0 aliphatic heterocycles. The van der Waals surface area contributed by atoms with Crippen molar-refractivity contribution in [3.63, 3.8) is 0 Å². The van der Waals surface area contributed by atoms with E-state index >= 15 is 0 Å². The molecule has 1 heterocycles. The Bertz CT molecular complexity index is 959. The van der Waals surface area contributed by atoms with Crippen molar-refractivity contribution in [2.24, 2.45) is 11.5 Å². The van der Waals surface area contributed by atoms with Crippen LogP contribution in [0.1, 0.15) is 27.7 Å². The van der Waals surface area contributed by atoms with Crippen LogP contribution in [0.2, 0.25) is 0 Å². The van der Waals surface area contributed by atoms with Crippen molar-refractivity contribution in [1.29, 1.82) is 0 Å². The zero-order valence-electron chi connectivity index (χ0n) is 13.8. The van der Waals surface area contributed by atoms with Gasteiger partial charge in [0.2, 0.25) is 0 Å². The predicted octanol–water partition coefficient (Wildman–Crippen LogP) is 3.37. The van der Waals surface area contributed by atoms with E-state index in [-0.39, 0.29) is 11.4 Å². The average molecular weight is 353 g/mol. The predicted molar refractivity (Wildman–Crippen MR) is 95.2 cm³/mol. The van der Waals surface area contributed by atoms with Gasteiger partial charge in [-0.05, 0) is 47.9 Å². The number of aromatic nitrogens is 1. The Balaban J connectivity index is 1.98. The summed E-state index contributed by atoms with van der Waals surface area (Å²) < 4.78 is 27.1. The quantitative estimate of drug-likeness (QED) is 0.738. The smallest absolute Gasteiger partial charge is 0.251 e. The third kappa shape index (κ3) is 3.75. The van der Waals surface area contributed by atoms with Gasteiger partial charge in [0.15, 0.2) is 0 Å². The Morgan fingerprint density at radius 1 is 1.08 bits per heavy atom. The summed E-state index contributed by atoms with van der Waals surface area (Å²) in [7, 11) is 0. The number of hydrogen-bond donors (Lipinski definition) is 2. The zero-order valence-corrected chi connectivity index (χ0v) is 13.8. The molecule has 1 aromatic heterocycles. The number of halogens is 2. The lowest BCUT2D eigenvalue weighted by atomic mass is 9.95. The molecule has 4 N–H and O–H groups in total. The fraction of sp³-hybridized carbons (Fsp3) is 0.100. The molecule has 132 valence electrons. The summed E-state index contributed by atoms with van der Waals surface area (Å²) >= 11 is 0. The van der Waals surface area contributed by atoms with Crippen molar-refractivity contribution < 1.29 is 13.6 Å². The van der Waals surface area contributed by atoms with Crippen LogP contribution in [0.3, 0.4) is 0 Å². The van der Waals surface area contributed by atoms with Crippen LogP contribution >= 0.6 is 0 Å². The second-order valence-electron chi connectivity index (χ2n) is 5.94. The van der Waals surface area contributed by atoms with Crippen LogP contribution in [0.15, 0.2) is 60.8 Å². The minimum absolute atomic E-state index is 0.198. The molecule has 3 aromatic rings. The van der Waals surface area contributed by atoms with Crippen LogP contribution < -0.4 is 11.5 Å². The maximum absolute atomic E-state index is 13.7. The molecule has 0 aliphatic carbocycles. The number of carbonyl (C=O) groups is 1. The number of carbonyl (C=O) groups excluding carboxylic acids is 1. The average Bonchev–Trinajstić information content (AvgIpc) is 2.62. The number of primary amides is 1. The molecule has 0 saturated carbocycles. The standard InChI is InChI=1S/C20H17F2N3O/c21-14-4-1-3-12(9-14)10-18(23)19-15(5-2-8-25-19)13-6-7-17(22)16(11-13)20(24)26/h1-9,11,18H,10,23H2,(H2,24,26). The Morgan fingerprint density at radius 2 is 1.88 bits per heavy atom. The minimum atomic E-state index is -0.848. The third-order valence-electron chi connectivity index (χ3n) is 4.08. The van der Waals surface area contributed by atoms with Crippen molar-refractivity contribution in [3.8, 4) is 11.1 Å². The van der Waals surface area contributed by atoms with Crippen LogP contribution in [0.5, 0.6) is 0 Å². The van der Waals surface area contributed by atoms with E-state index in [2.05, 4.69) is 4.98 Å². The first-order chi connectivity index (χ1) is 12.5. The fourth-order valence-electron chi connectivity index (χ4n) is 2.85. The lowest BCUT2D eigenvalue weighted by molar-refractivity contribution is 0.0996. The van der Waals surface area contributed by atoms with Crippen LogP contribution in [0.25, 0.3) is 11.1 Å². The van der Waals surface area contributed by atoms with E-state index in [0.717, 1.165) is 5.56 Å². The molecular weight excluding hydrogens is 336 g/mol. The SMILES string of the molecule is NC(=O)c1cc(-c2cccnc2C(N)Cc2cccc(F)c2)ccc1F. The van der Waals surface area contributed by atoms with Crippen molar-refractivity contribution in [2.45, 2.75) is 12.5 Å². The van der Waals surface area contributed by atoms with Gasteiger partial charge in [0.25, 0.3) is 5.91 Å². The largest absolute Gasteiger partial charge is 0.366 e. The minimum Gasteiger partial charge on any atom is -0.366 e. The van der Waals surface area contributed by atoms with Crippen molar-refractivity contribution in [2.75, 3.05) is 0 Å². The number of nitrogens with two attached hydrogens (primary N) is 2. The maximum atomic E-state index is 13.7. The number of rotatable bonds is 5. The van der Waals surface area contributed by atoms with E-state index in [4.69, 9.17) is 11.5 Å². The molecule has 4 nitrogen and oxygen atoms in total. The Labute approximate surface area is 149 Å². The summed E-state index contributed by atoms with van der Waals surface area (Å²) in [6.45, 7) is 0. The van der Waals surface area contributed by atoms with Gasteiger partial charge in [0.1, 0.15) is 11.6 Å². The molecule has 0 bridgehead atoms. The van der Waals surface area contributed by atoms with Crippen molar-refractivity contribution in [1.82, 2.24) is 4.98 Å². The second-order valence-corrected chi connectivity index (χ2v) is 5.94. The molecule has 0 radical (unpaired) electrons. The van der Waals surface area contributed by atoms with Crippen LogP contribution in [0.4, 0.5) is 8.78 Å². The highest BCUT2D eigenvalue weighted by Gasteiger charge is 2.17. The number of nitrogens with zero attached hydrogens (tertiary/aromatic N) is 1. The highest BCUT2D eigenvalue weighted by Crippen LogP contribution is 2.28. The van der Waals surface area contributed by atoms with Gasteiger partial charge in [0, 0.05) is 11.8 Å². The zero-order chi connectivity index (χ0) is 18.7. The fourth-order valence-corrected chi connectivity index (χ4v) is 2.85. The number of pyridine rings is 1. The van der Waals surface area contributed by atoms with Crippen molar-refractivity contribution in [3.05, 3.63) is 89.2 Å². The van der Waals surface area contributed by atoms with E-state index in [1.54, 1.807) is 30.5 Å². The van der Waals surface area contributed by atoms with E-state index < -0.39 is 17.8 Å². The van der Waals surface area contributed by atoms with E-state index in [9.17, 15) is 13.6 Å². The van der Waals surface area contributed by atoms with Gasteiger partial charge in [-0.1, -0.05) is 24.3 Å². The molecule has 0 fully saturated rings. The van der Waals surface area contributed by atoms with Gasteiger partial charge in [0.05, 0.1) is 17.3 Å². The van der Waals surface area contributed by atoms with Gasteiger partial charge in [-0.2, -0.15) is 0 Å². The number of hydrogen-bond acceptors (Lipinski definition) is 3. The molecule has 0 aliphatic rings. The molecule has 26 heavy (non-hydrogen) atoms. The van der Waals surface area contributed by atoms with Gasteiger partial charge < -0.3 is 11.5 Å². The summed E-state index contributed by atoms with van der Waals surface area (Å²) in [5.41, 5.74) is 13.9. The van der Waals surface area contributed by atoms with E-state index in [1.165, 1.54) is 30.3 Å². The van der Waals surface area contributed by atoms with Gasteiger partial charge in [-0.15, -0.1) is 0 Å². The second kappa shape index (κ2) is 7.41. The van der Waals surface area contributed by atoms with Crippen LogP contribution in [-0.4, -0.2) is 10.9 Å². The monoisotopic (exact) mass is 353 g/mol. The molecule has 1 unspecified atom stereocenters. The van der Waals surface area contributed by atoms with Gasteiger partial charge in [-0.3, -0.25) is 9.78 Å². The first-order valence-corrected chi connectivity index (χ1v) is 8.00. The number of benzene rings is 2. The maximum Gasteiger partial charge on any atom is 0.251 e. The first-order valence-electron chi connectivity index (χ1n) is 8.00. The highest BCUT2D eigenvalue weighted by atomic mass is 19.1. The molecule has 1 amide bonds. The third-order valence-corrected chi connectivity index (χ3v) is 4.08. The Hall–Kier alpha value is -3.12. The van der Waals surface area contributed by atoms with E-state index in [0.29, 0.717) is 23.2 Å². The Kier molecular flexibility index (Phi) is 5.04. The number of amides is 1. The van der Waals surface area contributed by atoms with Crippen LogP contribution in [0, 0.1) is 11.6 Å². The molecule has 1 atom stereocenters. The molecule has 2 aromatic carbocycles. The molecule has 6 heteroatoms. The molecule has 0 spiro atoms. The molecule has 3 rings (SSSR count). The normalized spacial score (nSPS) is 12.0.